The van der Waals surface area contributed by atoms with E-state index in [1.165, 1.54) is 11.8 Å². The van der Waals surface area contributed by atoms with Gasteiger partial charge in [0, 0.05) is 6.54 Å². The molecule has 12 nitrogen and oxygen atoms in total. The summed E-state index contributed by atoms with van der Waals surface area (Å²) in [4.78, 5) is 76.8. The van der Waals surface area contributed by atoms with Crippen LogP contribution in [-0.4, -0.2) is 77.7 Å². The van der Waals surface area contributed by atoms with Crippen LogP contribution in [0.2, 0.25) is 0 Å². The van der Waals surface area contributed by atoms with Gasteiger partial charge in [-0.3, -0.25) is 19.2 Å². The topological polar surface area (TPSA) is 177 Å². The highest BCUT2D eigenvalue weighted by molar-refractivity contribution is 6.37. The van der Waals surface area contributed by atoms with Crippen molar-refractivity contribution in [2.75, 3.05) is 13.2 Å². The molecule has 2 rings (SSSR count). The van der Waals surface area contributed by atoms with E-state index >= 15 is 0 Å². The maximum atomic E-state index is 13.7. The first-order valence-electron chi connectivity index (χ1n) is 13.6. The summed E-state index contributed by atoms with van der Waals surface area (Å²) in [6, 6.07) is -4.61. The number of nitrogens with one attached hydrogen (secondary N) is 3. The van der Waals surface area contributed by atoms with Crippen LogP contribution < -0.4 is 21.7 Å². The van der Waals surface area contributed by atoms with E-state index in [1.54, 1.807) is 20.8 Å². The molecule has 4 unspecified atom stereocenters. The van der Waals surface area contributed by atoms with Gasteiger partial charge in [0.2, 0.25) is 17.6 Å². The molecule has 1 saturated heterocycles. The summed E-state index contributed by atoms with van der Waals surface area (Å²) in [6.45, 7) is 13.2. The number of nitrogens with zero attached hydrogens (tertiary/aromatic N) is 1. The Hall–Kier alpha value is -3.18. The van der Waals surface area contributed by atoms with Gasteiger partial charge in [0.1, 0.15) is 18.1 Å². The van der Waals surface area contributed by atoms with Gasteiger partial charge < -0.3 is 31.3 Å². The van der Waals surface area contributed by atoms with Crippen molar-refractivity contribution in [3.05, 3.63) is 0 Å². The van der Waals surface area contributed by atoms with Gasteiger partial charge in [-0.05, 0) is 55.8 Å². The molecule has 1 aliphatic heterocycles. The van der Waals surface area contributed by atoms with Gasteiger partial charge in [-0.15, -0.1) is 0 Å². The molecule has 2 fully saturated rings. The Kier molecular flexibility index (Phi) is 10.5. The molecule has 0 aromatic rings. The summed E-state index contributed by atoms with van der Waals surface area (Å²) < 4.78 is 5.43. The quantitative estimate of drug-likeness (QED) is 0.219. The van der Waals surface area contributed by atoms with Crippen LogP contribution in [0, 0.1) is 16.7 Å². The molecule has 0 aromatic heterocycles. The number of esters is 1. The molecule has 39 heavy (non-hydrogen) atoms. The standard InChI is InChI=1S/C27H45N5O7/c1-15(19(33)21(28)34)29-22(35)18-9-8-12-32(18)23(36)20(27(5,6)7)31-25(38)30-17(13-26(2,3)4)24(37)39-14-16-10-11-16/h15-18,20H,8-14H2,1-7H3,(H2,28,34)(H,29,35)(H2,30,31,38). The van der Waals surface area contributed by atoms with Crippen molar-refractivity contribution in [2.24, 2.45) is 22.5 Å². The van der Waals surface area contributed by atoms with Crippen LogP contribution >= 0.6 is 0 Å². The predicted octanol–water partition coefficient (Wildman–Crippen LogP) is 1.01. The van der Waals surface area contributed by atoms with Gasteiger partial charge in [0.25, 0.3) is 5.91 Å². The van der Waals surface area contributed by atoms with Crippen LogP contribution in [-0.2, 0) is 28.7 Å². The third-order valence-corrected chi connectivity index (χ3v) is 6.79. The van der Waals surface area contributed by atoms with Crippen LogP contribution in [0.15, 0.2) is 0 Å². The van der Waals surface area contributed by atoms with Gasteiger partial charge in [-0.25, -0.2) is 9.59 Å². The van der Waals surface area contributed by atoms with Gasteiger partial charge in [-0.2, -0.15) is 0 Å². The number of hydrogen-bond acceptors (Lipinski definition) is 7. The monoisotopic (exact) mass is 551 g/mol. The molecule has 12 heteroatoms. The summed E-state index contributed by atoms with van der Waals surface area (Å²) in [7, 11) is 0. The second kappa shape index (κ2) is 12.8. The molecule has 5 amide bonds. The number of rotatable bonds is 11. The molecule has 0 spiro atoms. The average molecular weight is 552 g/mol. The Labute approximate surface area is 230 Å². The normalized spacial score (nSPS) is 19.9. The second-order valence-electron chi connectivity index (χ2n) is 13.0. The average Bonchev–Trinajstić information content (AvgIpc) is 3.50. The molecular formula is C27H45N5O7. The molecule has 5 N–H and O–H groups in total. The van der Waals surface area contributed by atoms with Gasteiger partial charge in [0.05, 0.1) is 12.6 Å². The zero-order valence-corrected chi connectivity index (χ0v) is 24.2. The van der Waals surface area contributed by atoms with Crippen LogP contribution in [0.1, 0.15) is 80.6 Å². The Morgan fingerprint density at radius 1 is 0.949 bits per heavy atom. The molecule has 0 bridgehead atoms. The molecular weight excluding hydrogens is 506 g/mol. The number of carbonyl (C=O) groups is 6. The Morgan fingerprint density at radius 2 is 1.56 bits per heavy atom. The number of hydrogen-bond donors (Lipinski definition) is 4. The lowest BCUT2D eigenvalue weighted by Gasteiger charge is -2.36. The number of amides is 5. The largest absolute Gasteiger partial charge is 0.464 e. The van der Waals surface area contributed by atoms with Crippen molar-refractivity contribution in [3.63, 3.8) is 0 Å². The lowest BCUT2D eigenvalue weighted by molar-refractivity contribution is -0.147. The van der Waals surface area contributed by atoms with E-state index in [-0.39, 0.29) is 12.0 Å². The number of ether oxygens (including phenoxy) is 1. The van der Waals surface area contributed by atoms with Crippen molar-refractivity contribution >= 4 is 35.5 Å². The number of Topliss-reactive ketones (excluding diaryl/α,β-unsaturated/α-hetero) is 1. The smallest absolute Gasteiger partial charge is 0.328 e. The molecule has 0 aromatic carbocycles. The summed E-state index contributed by atoms with van der Waals surface area (Å²) in [5.74, 6) is -3.28. The van der Waals surface area contributed by atoms with Gasteiger partial charge in [-0.1, -0.05) is 41.5 Å². The number of urea groups is 1. The fourth-order valence-electron chi connectivity index (χ4n) is 4.43. The number of ketones is 1. The van der Waals surface area contributed by atoms with Gasteiger partial charge >= 0.3 is 12.0 Å². The lowest BCUT2D eigenvalue weighted by atomic mass is 9.85. The molecule has 220 valence electrons. The van der Waals surface area contributed by atoms with E-state index in [0.29, 0.717) is 31.8 Å². The van der Waals surface area contributed by atoms with Crippen molar-refractivity contribution in [2.45, 2.75) is 105 Å². The van der Waals surface area contributed by atoms with Crippen LogP contribution in [0.5, 0.6) is 0 Å². The highest BCUT2D eigenvalue weighted by Crippen LogP contribution is 2.30. The van der Waals surface area contributed by atoms with E-state index < -0.39 is 65.1 Å². The van der Waals surface area contributed by atoms with E-state index in [9.17, 15) is 28.8 Å². The first-order chi connectivity index (χ1) is 17.9. The van der Waals surface area contributed by atoms with Crippen molar-refractivity contribution in [3.8, 4) is 0 Å². The number of likely N-dealkylation sites (tertiary alicyclic amines) is 1. The SMILES string of the molecule is CC(NC(=O)C1CCCN1C(=O)C(NC(=O)NC(CC(C)(C)C)C(=O)OCC1CC1)C(C)(C)C)C(=O)C(N)=O. The summed E-state index contributed by atoms with van der Waals surface area (Å²) in [5.41, 5.74) is 4.00. The zero-order chi connectivity index (χ0) is 29.7. The summed E-state index contributed by atoms with van der Waals surface area (Å²) in [5, 5.41) is 7.87. The van der Waals surface area contributed by atoms with Gasteiger partial charge in [0.15, 0.2) is 0 Å². The highest BCUT2D eigenvalue weighted by Gasteiger charge is 2.43. The molecule has 4 atom stereocenters. The van der Waals surface area contributed by atoms with Crippen LogP contribution in [0.4, 0.5) is 4.79 Å². The summed E-state index contributed by atoms with van der Waals surface area (Å²) in [6.07, 6.45) is 3.30. The minimum absolute atomic E-state index is 0.279. The number of nitrogens with two attached hydrogens (primary N) is 1. The molecule has 1 heterocycles. The third kappa shape index (κ3) is 9.81. The first-order valence-corrected chi connectivity index (χ1v) is 13.6. The molecule has 1 aliphatic carbocycles. The van der Waals surface area contributed by atoms with E-state index in [1.807, 2.05) is 20.8 Å². The second-order valence-corrected chi connectivity index (χ2v) is 13.0. The van der Waals surface area contributed by atoms with E-state index in [0.717, 1.165) is 12.8 Å². The van der Waals surface area contributed by atoms with Crippen molar-refractivity contribution in [1.29, 1.82) is 0 Å². The van der Waals surface area contributed by atoms with Crippen LogP contribution in [0.25, 0.3) is 0 Å². The fourth-order valence-corrected chi connectivity index (χ4v) is 4.43. The van der Waals surface area contributed by atoms with E-state index in [2.05, 4.69) is 16.0 Å². The highest BCUT2D eigenvalue weighted by atomic mass is 16.5. The Bertz CT molecular complexity index is 965. The third-order valence-electron chi connectivity index (χ3n) is 6.79. The molecule has 1 saturated carbocycles. The maximum Gasteiger partial charge on any atom is 0.328 e. The summed E-state index contributed by atoms with van der Waals surface area (Å²) >= 11 is 0. The minimum Gasteiger partial charge on any atom is -0.464 e. The number of carbonyl (C=O) groups excluding carboxylic acids is 6. The maximum absolute atomic E-state index is 13.7. The minimum atomic E-state index is -1.16. The lowest BCUT2D eigenvalue weighted by Crippen LogP contribution is -2.61. The number of primary amides is 1. The predicted molar refractivity (Wildman–Crippen MR) is 143 cm³/mol. The molecule has 2 aliphatic rings. The Balaban J connectivity index is 2.13. The van der Waals surface area contributed by atoms with E-state index in [4.69, 9.17) is 10.5 Å². The van der Waals surface area contributed by atoms with Crippen molar-refractivity contribution < 1.29 is 33.5 Å². The fraction of sp³-hybridized carbons (Fsp3) is 0.778. The van der Waals surface area contributed by atoms with Crippen molar-refractivity contribution in [1.82, 2.24) is 20.9 Å². The van der Waals surface area contributed by atoms with Crippen LogP contribution in [0.3, 0.4) is 0 Å². The zero-order valence-electron chi connectivity index (χ0n) is 24.2. The first kappa shape index (κ1) is 32.0. The Morgan fingerprint density at radius 3 is 2.08 bits per heavy atom. The molecule has 0 radical (unpaired) electrons.